The number of nitrogens with one attached hydrogen (secondary N) is 2. The van der Waals surface area contributed by atoms with Gasteiger partial charge in [-0.2, -0.15) is 5.10 Å². The first kappa shape index (κ1) is 17.0. The molecule has 0 atom stereocenters. The van der Waals surface area contributed by atoms with Crippen molar-refractivity contribution in [3.8, 4) is 0 Å². The Morgan fingerprint density at radius 1 is 1.11 bits per heavy atom. The molecule has 0 spiro atoms. The van der Waals surface area contributed by atoms with E-state index in [4.69, 9.17) is 11.6 Å². The first-order valence-corrected chi connectivity index (χ1v) is 8.42. The number of fused-ring (bicyclic) bond motifs is 2. The maximum atomic E-state index is 13.1. The topological polar surface area (TPSA) is 98.9 Å². The van der Waals surface area contributed by atoms with Crippen LogP contribution in [0.4, 0.5) is 5.69 Å². The van der Waals surface area contributed by atoms with Gasteiger partial charge in [0.15, 0.2) is 10.9 Å². The Hall–Kier alpha value is -3.45. The second kappa shape index (κ2) is 6.37. The summed E-state index contributed by atoms with van der Waals surface area (Å²) in [5.41, 5.74) is -0.309. The van der Waals surface area contributed by atoms with Gasteiger partial charge in [-0.1, -0.05) is 29.8 Å². The molecule has 0 radical (unpaired) electrons. The van der Waals surface area contributed by atoms with Crippen LogP contribution >= 0.6 is 11.6 Å². The summed E-state index contributed by atoms with van der Waals surface area (Å²) < 4.78 is 0. The molecule has 4 aromatic rings. The van der Waals surface area contributed by atoms with Crippen molar-refractivity contribution in [1.29, 1.82) is 0 Å². The van der Waals surface area contributed by atoms with Crippen molar-refractivity contribution in [3.63, 3.8) is 0 Å². The number of hydrogen-bond donors (Lipinski definition) is 2. The van der Waals surface area contributed by atoms with Gasteiger partial charge in [0.1, 0.15) is 5.69 Å². The quantitative estimate of drug-likeness (QED) is 0.558. The maximum Gasteiger partial charge on any atom is 0.276 e. The second-order valence-corrected chi connectivity index (χ2v) is 6.43. The van der Waals surface area contributed by atoms with Crippen LogP contribution in [0.15, 0.2) is 58.1 Å². The van der Waals surface area contributed by atoms with Gasteiger partial charge in [0.05, 0.1) is 10.9 Å². The number of hydrogen-bond acceptors (Lipinski definition) is 4. The van der Waals surface area contributed by atoms with Crippen LogP contribution in [0.1, 0.15) is 10.5 Å². The summed E-state index contributed by atoms with van der Waals surface area (Å²) in [6.07, 6.45) is 0. The summed E-state index contributed by atoms with van der Waals surface area (Å²) in [6, 6.07) is 13.5. The monoisotopic (exact) mass is 380 g/mol. The van der Waals surface area contributed by atoms with Crippen molar-refractivity contribution in [3.05, 3.63) is 79.8 Å². The molecule has 0 saturated carbocycles. The molecular weight excluding hydrogens is 368 g/mol. The molecule has 0 aliphatic carbocycles. The number of anilines is 1. The number of carbonyl (C=O) groups is 1. The Kier molecular flexibility index (Phi) is 4.01. The number of rotatable bonds is 2. The van der Waals surface area contributed by atoms with Crippen molar-refractivity contribution in [2.75, 3.05) is 11.9 Å². The Bertz CT molecular complexity index is 1310. The first-order valence-electron chi connectivity index (χ1n) is 8.04. The van der Waals surface area contributed by atoms with Crippen LogP contribution in [0.3, 0.4) is 0 Å². The van der Waals surface area contributed by atoms with Crippen LogP contribution in [-0.2, 0) is 0 Å². The Labute approximate surface area is 157 Å². The van der Waals surface area contributed by atoms with Crippen molar-refractivity contribution >= 4 is 45.0 Å². The molecule has 2 aromatic carbocycles. The average molecular weight is 381 g/mol. The highest BCUT2D eigenvalue weighted by Crippen LogP contribution is 2.19. The molecule has 0 unspecified atom stereocenters. The maximum absolute atomic E-state index is 13.1. The van der Waals surface area contributed by atoms with Crippen molar-refractivity contribution in [2.45, 2.75) is 0 Å². The molecule has 0 aliphatic heterocycles. The zero-order valence-electron chi connectivity index (χ0n) is 14.1. The highest BCUT2D eigenvalue weighted by atomic mass is 35.5. The Balaban J connectivity index is 2.01. The van der Waals surface area contributed by atoms with Gasteiger partial charge < -0.3 is 9.88 Å². The van der Waals surface area contributed by atoms with Crippen LogP contribution < -0.4 is 15.9 Å². The molecular formula is C19H13ClN4O3. The van der Waals surface area contributed by atoms with E-state index in [1.165, 1.54) is 17.0 Å². The summed E-state index contributed by atoms with van der Waals surface area (Å²) in [7, 11) is 1.58. The third-order valence-corrected chi connectivity index (χ3v) is 4.58. The fraction of sp³-hybridized carbons (Fsp3) is 0.0526. The molecule has 27 heavy (non-hydrogen) atoms. The molecule has 4 rings (SSSR count). The van der Waals surface area contributed by atoms with E-state index >= 15 is 0 Å². The molecule has 2 N–H and O–H groups in total. The van der Waals surface area contributed by atoms with Crippen LogP contribution in [-0.4, -0.2) is 28.1 Å². The van der Waals surface area contributed by atoms with Crippen molar-refractivity contribution in [2.24, 2.45) is 0 Å². The molecule has 8 heteroatoms. The summed E-state index contributed by atoms with van der Waals surface area (Å²) in [4.78, 5) is 42.5. The molecule has 2 aromatic heterocycles. The standard InChI is InChI=1S/C19H13ClN4O3/c1-24(11-5-3-2-4-6-11)19(27)16-14-15(22-23-16)18(26)21-13-9-10(20)7-8-12(13)17(14)25/h2-9H,1H3,(H,21,26)(H,22,23). The van der Waals surface area contributed by atoms with Gasteiger partial charge in [0.2, 0.25) is 0 Å². The number of halogens is 1. The zero-order chi connectivity index (χ0) is 19.1. The van der Waals surface area contributed by atoms with E-state index in [0.29, 0.717) is 10.7 Å². The van der Waals surface area contributed by atoms with Gasteiger partial charge in [0.25, 0.3) is 11.5 Å². The number of aromatic nitrogens is 3. The number of amides is 1. The van der Waals surface area contributed by atoms with E-state index in [-0.39, 0.29) is 27.5 Å². The van der Waals surface area contributed by atoms with Crippen LogP contribution in [0.25, 0.3) is 21.8 Å². The molecule has 7 nitrogen and oxygen atoms in total. The van der Waals surface area contributed by atoms with E-state index in [9.17, 15) is 14.4 Å². The van der Waals surface area contributed by atoms with E-state index in [1.54, 1.807) is 37.4 Å². The number of H-pyrrole nitrogens is 2. The largest absolute Gasteiger partial charge is 0.320 e. The smallest absolute Gasteiger partial charge is 0.276 e. The third-order valence-electron chi connectivity index (χ3n) is 4.34. The highest BCUT2D eigenvalue weighted by molar-refractivity contribution is 6.31. The molecule has 134 valence electrons. The normalized spacial score (nSPS) is 11.0. The minimum atomic E-state index is -0.586. The van der Waals surface area contributed by atoms with Crippen LogP contribution in [0.2, 0.25) is 5.02 Å². The van der Waals surface area contributed by atoms with Gasteiger partial charge in [-0.3, -0.25) is 19.5 Å². The van der Waals surface area contributed by atoms with E-state index in [2.05, 4.69) is 15.2 Å². The molecule has 1 amide bonds. The number of benzene rings is 2. The van der Waals surface area contributed by atoms with E-state index in [1.807, 2.05) is 6.07 Å². The lowest BCUT2D eigenvalue weighted by Crippen LogP contribution is -2.27. The predicted molar refractivity (Wildman–Crippen MR) is 105 cm³/mol. The van der Waals surface area contributed by atoms with Gasteiger partial charge >= 0.3 is 0 Å². The molecule has 0 saturated heterocycles. The van der Waals surface area contributed by atoms with Crippen LogP contribution in [0.5, 0.6) is 0 Å². The van der Waals surface area contributed by atoms with Gasteiger partial charge in [0, 0.05) is 23.1 Å². The predicted octanol–water partition coefficient (Wildman–Crippen LogP) is 2.69. The summed E-state index contributed by atoms with van der Waals surface area (Å²) >= 11 is 5.96. The minimum absolute atomic E-state index is 0.0423. The number of aromatic amines is 2. The highest BCUT2D eigenvalue weighted by Gasteiger charge is 2.22. The van der Waals surface area contributed by atoms with E-state index in [0.717, 1.165) is 0 Å². The minimum Gasteiger partial charge on any atom is -0.320 e. The Morgan fingerprint density at radius 2 is 1.85 bits per heavy atom. The second-order valence-electron chi connectivity index (χ2n) is 6.00. The van der Waals surface area contributed by atoms with Crippen molar-refractivity contribution in [1.82, 2.24) is 15.2 Å². The lowest BCUT2D eigenvalue weighted by Gasteiger charge is -2.16. The van der Waals surface area contributed by atoms with E-state index < -0.39 is 16.9 Å². The van der Waals surface area contributed by atoms with Gasteiger partial charge in [-0.15, -0.1) is 0 Å². The molecule has 0 bridgehead atoms. The summed E-state index contributed by atoms with van der Waals surface area (Å²) in [5.74, 6) is -0.478. The average Bonchev–Trinajstić information content (AvgIpc) is 3.08. The third kappa shape index (κ3) is 2.78. The first-order chi connectivity index (χ1) is 13.0. The fourth-order valence-corrected chi connectivity index (χ4v) is 3.12. The molecule has 0 aliphatic rings. The molecule has 0 fully saturated rings. The SMILES string of the molecule is CN(C(=O)c1[nH]nc2c(=O)[nH]c3cc(Cl)ccc3c(=O)c12)c1ccccc1. The lowest BCUT2D eigenvalue weighted by atomic mass is 10.1. The van der Waals surface area contributed by atoms with Gasteiger partial charge in [-0.05, 0) is 30.3 Å². The number of carbonyl (C=O) groups excluding carboxylic acids is 1. The Morgan fingerprint density at radius 3 is 2.59 bits per heavy atom. The number of para-hydroxylation sites is 1. The molecule has 2 heterocycles. The summed E-state index contributed by atoms with van der Waals surface area (Å²) in [5, 5.41) is 7.02. The zero-order valence-corrected chi connectivity index (χ0v) is 14.9. The fourth-order valence-electron chi connectivity index (χ4n) is 2.95. The number of nitrogens with zero attached hydrogens (tertiary/aromatic N) is 2. The van der Waals surface area contributed by atoms with Crippen LogP contribution in [0, 0.1) is 0 Å². The van der Waals surface area contributed by atoms with Gasteiger partial charge in [-0.25, -0.2) is 0 Å². The van der Waals surface area contributed by atoms with Crippen molar-refractivity contribution < 1.29 is 4.79 Å². The lowest BCUT2D eigenvalue weighted by molar-refractivity contribution is 0.0989. The summed E-state index contributed by atoms with van der Waals surface area (Å²) in [6.45, 7) is 0.